The average Bonchev–Trinajstić information content (AvgIpc) is 3.16. The molecule has 11 heteroatoms. The Kier molecular flexibility index (Phi) is 13.4. The summed E-state index contributed by atoms with van der Waals surface area (Å²) in [6.07, 6.45) is 3.67. The molecule has 5 atom stereocenters. The Morgan fingerprint density at radius 1 is 0.811 bits per heavy atom. The average molecular weight is 730 g/mol. The number of rotatable bonds is 18. The van der Waals surface area contributed by atoms with Gasteiger partial charge in [0.05, 0.1) is 22.4 Å². The van der Waals surface area contributed by atoms with Gasteiger partial charge in [-0.15, -0.1) is 0 Å². The number of aliphatic carboxylic acids is 2. The van der Waals surface area contributed by atoms with Gasteiger partial charge in [0, 0.05) is 61.9 Å². The molecular weight excluding hydrogens is 674 g/mol. The number of carboxylic acid groups (broad SMARTS) is 2. The number of hydrogen-bond donors (Lipinski definition) is 3. The van der Waals surface area contributed by atoms with Gasteiger partial charge in [0.2, 0.25) is 0 Å². The van der Waals surface area contributed by atoms with E-state index in [1.807, 2.05) is 19.1 Å². The third-order valence-corrected chi connectivity index (χ3v) is 12.2. The van der Waals surface area contributed by atoms with Gasteiger partial charge in [-0.2, -0.15) is 0 Å². The third-order valence-electron chi connectivity index (χ3n) is 12.2. The second kappa shape index (κ2) is 17.8. The van der Waals surface area contributed by atoms with Gasteiger partial charge in [-0.1, -0.05) is 86.1 Å². The number of piperidine rings is 2. The summed E-state index contributed by atoms with van der Waals surface area (Å²) in [7, 11) is 0. The zero-order valence-electron chi connectivity index (χ0n) is 31.2. The van der Waals surface area contributed by atoms with Crippen molar-refractivity contribution >= 4 is 17.6 Å². The first kappa shape index (κ1) is 40.0. The van der Waals surface area contributed by atoms with E-state index in [9.17, 15) is 29.9 Å². The summed E-state index contributed by atoms with van der Waals surface area (Å²) in [5.74, 6) is -3.46. The van der Waals surface area contributed by atoms with Gasteiger partial charge in [-0.05, 0) is 75.7 Å². The summed E-state index contributed by atoms with van der Waals surface area (Å²) in [6.45, 7) is 9.00. The van der Waals surface area contributed by atoms with Gasteiger partial charge in [0.1, 0.15) is 0 Å². The van der Waals surface area contributed by atoms with Crippen molar-refractivity contribution < 1.29 is 34.2 Å². The van der Waals surface area contributed by atoms with Gasteiger partial charge in [0.25, 0.3) is 5.69 Å². The molecule has 286 valence electrons. The fourth-order valence-corrected chi connectivity index (χ4v) is 9.14. The summed E-state index contributed by atoms with van der Waals surface area (Å²) in [5.41, 5.74) is -0.674. The van der Waals surface area contributed by atoms with Crippen molar-refractivity contribution in [2.24, 2.45) is 10.8 Å². The molecular formula is C42H55N3O8. The first-order valence-electron chi connectivity index (χ1n) is 19.0. The molecule has 5 rings (SSSR count). The molecule has 0 radical (unpaired) electrons. The van der Waals surface area contributed by atoms with Crippen LogP contribution in [0.3, 0.4) is 0 Å². The molecule has 3 N–H and O–H groups in total. The maximum absolute atomic E-state index is 13.7. The van der Waals surface area contributed by atoms with E-state index in [-0.39, 0.29) is 37.2 Å². The standard InChI is InChI=1S/C42H55N3O8/c1-4-5-26-52-27-21-41(38(46)47)31(2)43-32(3)42(39(48)49,37(41)33-13-12-18-36(30-33)45(50)51)22-28-53-29-25-44-23-19-40(20-24-44,34-14-8-6-9-15-34)35-16-10-7-11-17-35/h6-18,30-32,37,43H,4-5,19-29H2,1-3H3,(H,46,47)(H,48,49)/t31-,32?,37?,41?,42?/m1/s1. The normalized spacial score (nSPS) is 25.8. The predicted molar refractivity (Wildman–Crippen MR) is 203 cm³/mol. The topological polar surface area (TPSA) is 151 Å². The number of carboxylic acids is 2. The van der Waals surface area contributed by atoms with E-state index in [0.717, 1.165) is 38.8 Å². The van der Waals surface area contributed by atoms with Crippen molar-refractivity contribution in [2.45, 2.75) is 82.7 Å². The SMILES string of the molecule is CCCCOCCC1(C(=O)O)C(c2cccc([N+](=O)[O-])c2)C(CCOCCN2CCC(c3ccccc3)(c3ccccc3)CC2)(C(=O)O)C(C)N[C@@H]1C. The van der Waals surface area contributed by atoms with Crippen molar-refractivity contribution in [1.82, 2.24) is 10.2 Å². The molecule has 0 aromatic heterocycles. The number of likely N-dealkylation sites (tertiary alicyclic amines) is 1. The molecule has 2 aliphatic rings. The van der Waals surface area contributed by atoms with Crippen LogP contribution in [0.25, 0.3) is 0 Å². The van der Waals surface area contributed by atoms with Crippen LogP contribution in [-0.4, -0.2) is 90.1 Å². The number of nitro benzene ring substituents is 1. The Bertz CT molecular complexity index is 1620. The minimum absolute atomic E-state index is 0.00737. The highest BCUT2D eigenvalue weighted by Crippen LogP contribution is 2.58. The Hall–Kier alpha value is -4.16. The minimum atomic E-state index is -1.67. The highest BCUT2D eigenvalue weighted by Gasteiger charge is 2.66. The molecule has 2 saturated heterocycles. The number of nitrogens with one attached hydrogen (secondary N) is 1. The zero-order valence-corrected chi connectivity index (χ0v) is 31.2. The molecule has 11 nitrogen and oxygen atoms in total. The number of nitrogens with zero attached hydrogens (tertiary/aromatic N) is 2. The minimum Gasteiger partial charge on any atom is -0.481 e. The van der Waals surface area contributed by atoms with E-state index in [4.69, 9.17) is 9.47 Å². The third kappa shape index (κ3) is 8.18. The number of nitro groups is 1. The highest BCUT2D eigenvalue weighted by atomic mass is 16.6. The van der Waals surface area contributed by atoms with Crippen LogP contribution in [0.2, 0.25) is 0 Å². The van der Waals surface area contributed by atoms with Crippen LogP contribution in [0.4, 0.5) is 5.69 Å². The summed E-state index contributed by atoms with van der Waals surface area (Å²) < 4.78 is 12.1. The van der Waals surface area contributed by atoms with Crippen LogP contribution in [0.5, 0.6) is 0 Å². The van der Waals surface area contributed by atoms with E-state index in [1.54, 1.807) is 19.9 Å². The Labute approximate surface area is 312 Å². The molecule has 0 saturated carbocycles. The van der Waals surface area contributed by atoms with E-state index < -0.39 is 45.7 Å². The van der Waals surface area contributed by atoms with Gasteiger partial charge >= 0.3 is 11.9 Å². The summed E-state index contributed by atoms with van der Waals surface area (Å²) in [4.78, 5) is 40.9. The summed E-state index contributed by atoms with van der Waals surface area (Å²) in [5, 5.41) is 37.4. The van der Waals surface area contributed by atoms with E-state index in [1.165, 1.54) is 29.3 Å². The molecule has 0 bridgehead atoms. The smallest absolute Gasteiger partial charge is 0.311 e. The van der Waals surface area contributed by atoms with Crippen LogP contribution in [0.15, 0.2) is 84.9 Å². The van der Waals surface area contributed by atoms with Gasteiger partial charge in [-0.25, -0.2) is 0 Å². The van der Waals surface area contributed by atoms with Crippen molar-refractivity contribution in [3.05, 3.63) is 112 Å². The molecule has 4 unspecified atom stereocenters. The molecule has 0 spiro atoms. The Morgan fingerprint density at radius 3 is 1.83 bits per heavy atom. The largest absolute Gasteiger partial charge is 0.481 e. The van der Waals surface area contributed by atoms with Gasteiger partial charge < -0.3 is 29.9 Å². The number of benzene rings is 3. The van der Waals surface area contributed by atoms with E-state index in [0.29, 0.717) is 25.3 Å². The molecule has 2 fully saturated rings. The maximum atomic E-state index is 13.7. The van der Waals surface area contributed by atoms with Crippen molar-refractivity contribution in [2.75, 3.05) is 46.1 Å². The lowest BCUT2D eigenvalue weighted by Crippen LogP contribution is -2.70. The number of hydrogen-bond acceptors (Lipinski definition) is 8. The first-order chi connectivity index (χ1) is 25.5. The number of carbonyl (C=O) groups is 2. The van der Waals surface area contributed by atoms with Crippen LogP contribution in [0, 0.1) is 20.9 Å². The van der Waals surface area contributed by atoms with Crippen LogP contribution < -0.4 is 5.32 Å². The highest BCUT2D eigenvalue weighted by molar-refractivity contribution is 5.84. The number of unbranched alkanes of at least 4 members (excludes halogenated alkanes) is 1. The molecule has 53 heavy (non-hydrogen) atoms. The lowest BCUT2D eigenvalue weighted by Gasteiger charge is -2.57. The summed E-state index contributed by atoms with van der Waals surface area (Å²) >= 11 is 0. The summed E-state index contributed by atoms with van der Waals surface area (Å²) in [6, 6.07) is 25.8. The van der Waals surface area contributed by atoms with Crippen LogP contribution >= 0.6 is 0 Å². The lowest BCUT2D eigenvalue weighted by atomic mass is 9.50. The monoisotopic (exact) mass is 729 g/mol. The second-order valence-electron chi connectivity index (χ2n) is 14.8. The molecule has 3 aromatic rings. The fourth-order valence-electron chi connectivity index (χ4n) is 9.14. The van der Waals surface area contributed by atoms with Crippen molar-refractivity contribution in [3.8, 4) is 0 Å². The first-order valence-corrected chi connectivity index (χ1v) is 19.0. The molecule has 0 aliphatic carbocycles. The fraction of sp³-hybridized carbons (Fsp3) is 0.524. The Balaban J connectivity index is 1.34. The van der Waals surface area contributed by atoms with Crippen LogP contribution in [-0.2, 0) is 24.5 Å². The molecule has 0 amide bonds. The zero-order chi connectivity index (χ0) is 38.1. The second-order valence-corrected chi connectivity index (χ2v) is 14.8. The predicted octanol–water partition coefficient (Wildman–Crippen LogP) is 6.90. The van der Waals surface area contributed by atoms with E-state index in [2.05, 4.69) is 58.7 Å². The van der Waals surface area contributed by atoms with Crippen molar-refractivity contribution in [1.29, 1.82) is 0 Å². The van der Waals surface area contributed by atoms with Gasteiger partial charge in [-0.3, -0.25) is 19.7 Å². The number of non-ortho nitro benzene ring substituents is 1. The maximum Gasteiger partial charge on any atom is 0.311 e. The lowest BCUT2D eigenvalue weighted by molar-refractivity contribution is -0.385. The number of ether oxygens (including phenoxy) is 2. The van der Waals surface area contributed by atoms with E-state index >= 15 is 0 Å². The molecule has 2 heterocycles. The van der Waals surface area contributed by atoms with Crippen molar-refractivity contribution in [3.63, 3.8) is 0 Å². The molecule has 3 aromatic carbocycles. The van der Waals surface area contributed by atoms with Crippen LogP contribution in [0.1, 0.15) is 81.9 Å². The Morgan fingerprint density at radius 2 is 1.34 bits per heavy atom. The quantitative estimate of drug-likeness (QED) is 0.0717. The van der Waals surface area contributed by atoms with Gasteiger partial charge in [0.15, 0.2) is 0 Å². The molecule has 2 aliphatic heterocycles.